The molecule has 5 heteroatoms. The summed E-state index contributed by atoms with van der Waals surface area (Å²) in [7, 11) is 0. The second kappa shape index (κ2) is 12.8. The van der Waals surface area contributed by atoms with Gasteiger partial charge in [-0.3, -0.25) is 4.57 Å². The Morgan fingerprint density at radius 2 is 1.49 bits per heavy atom. The summed E-state index contributed by atoms with van der Waals surface area (Å²) in [4.78, 5) is 4.22. The van der Waals surface area contributed by atoms with Crippen LogP contribution < -0.4 is 9.30 Å². The van der Waals surface area contributed by atoms with E-state index in [1.165, 1.54) is 16.8 Å². The standard InChI is InChI=1S/C29H25N2O.C11H8N.Ir/c1-18(2)22-11-7-12-23(19(3)4)28(22)30-17-31-25-15-20-9-5-6-10-21(20)16-27(25)32-26-14-8-13-24(30)29(26)31;1-2-6-10(7-3-1)11-8-4-5-9-12-11;/h5-14,16,18-19H,1-4H3;1-6,8-9H;/q2*-1;+3. The van der Waals surface area contributed by atoms with Gasteiger partial charge in [-0.2, -0.15) is 0 Å². The zero-order valence-electron chi connectivity index (χ0n) is 25.7. The van der Waals surface area contributed by atoms with Crippen LogP contribution in [0, 0.1) is 18.5 Å². The summed E-state index contributed by atoms with van der Waals surface area (Å²) in [5, 5.41) is 2.19. The van der Waals surface area contributed by atoms with E-state index in [1.807, 2.05) is 60.7 Å². The van der Waals surface area contributed by atoms with Gasteiger partial charge < -0.3 is 14.3 Å². The summed E-state index contributed by atoms with van der Waals surface area (Å²) in [5.41, 5.74) is 8.90. The average molecular weight is 764 g/mol. The molecule has 45 heavy (non-hydrogen) atoms. The van der Waals surface area contributed by atoms with Crippen molar-refractivity contribution in [2.75, 3.05) is 0 Å². The monoisotopic (exact) mass is 764 g/mol. The van der Waals surface area contributed by atoms with E-state index in [2.05, 4.69) is 109 Å². The number of pyridine rings is 1. The number of nitrogens with zero attached hydrogens (tertiary/aromatic N) is 3. The van der Waals surface area contributed by atoms with E-state index in [0.29, 0.717) is 11.8 Å². The Kier molecular flexibility index (Phi) is 8.67. The number of hydrogen-bond acceptors (Lipinski definition) is 2. The first-order valence-electron chi connectivity index (χ1n) is 15.1. The molecule has 0 amide bonds. The van der Waals surface area contributed by atoms with Gasteiger partial charge in [-0.1, -0.05) is 88.4 Å². The molecule has 0 atom stereocenters. The molecule has 0 N–H and O–H groups in total. The second-order valence-corrected chi connectivity index (χ2v) is 11.7. The van der Waals surface area contributed by atoms with Crippen molar-refractivity contribution in [3.8, 4) is 34.1 Å². The maximum absolute atomic E-state index is 6.38. The summed E-state index contributed by atoms with van der Waals surface area (Å²) in [6, 6.07) is 43.7. The quantitative estimate of drug-likeness (QED) is 0.132. The van der Waals surface area contributed by atoms with Crippen LogP contribution in [0.25, 0.3) is 44.4 Å². The first-order chi connectivity index (χ1) is 21.5. The minimum atomic E-state index is 0. The molecule has 7 aromatic rings. The number of ether oxygens (including phenoxy) is 1. The van der Waals surface area contributed by atoms with Gasteiger partial charge in [0.25, 0.3) is 6.33 Å². The Balaban J connectivity index is 0.000000231. The predicted octanol–water partition coefficient (Wildman–Crippen LogP) is 9.56. The van der Waals surface area contributed by atoms with Crippen LogP contribution >= 0.6 is 0 Å². The van der Waals surface area contributed by atoms with Gasteiger partial charge in [0.1, 0.15) is 11.3 Å². The summed E-state index contributed by atoms with van der Waals surface area (Å²) in [6.07, 6.45) is 5.47. The molecule has 4 nitrogen and oxygen atoms in total. The van der Waals surface area contributed by atoms with Gasteiger partial charge >= 0.3 is 20.1 Å². The van der Waals surface area contributed by atoms with E-state index in [9.17, 15) is 0 Å². The van der Waals surface area contributed by atoms with Crippen molar-refractivity contribution in [1.29, 1.82) is 0 Å². The van der Waals surface area contributed by atoms with Crippen LogP contribution in [-0.4, -0.2) is 9.55 Å². The van der Waals surface area contributed by atoms with E-state index in [4.69, 9.17) is 4.74 Å². The topological polar surface area (TPSA) is 30.9 Å². The van der Waals surface area contributed by atoms with Crippen LogP contribution in [0.15, 0.2) is 115 Å². The van der Waals surface area contributed by atoms with Gasteiger partial charge in [0, 0.05) is 11.9 Å². The summed E-state index contributed by atoms with van der Waals surface area (Å²) < 4.78 is 10.7. The molecule has 1 aliphatic rings. The van der Waals surface area contributed by atoms with Crippen LogP contribution in [0.2, 0.25) is 0 Å². The van der Waals surface area contributed by atoms with Gasteiger partial charge in [-0.15, -0.1) is 64.9 Å². The summed E-state index contributed by atoms with van der Waals surface area (Å²) in [5.74, 6) is 2.46. The molecular formula is C40H33IrN3O+. The van der Waals surface area contributed by atoms with Crippen LogP contribution in [0.1, 0.15) is 50.7 Å². The summed E-state index contributed by atoms with van der Waals surface area (Å²) >= 11 is 0. The Labute approximate surface area is 278 Å². The van der Waals surface area contributed by atoms with Gasteiger partial charge in [-0.05, 0) is 40.8 Å². The molecule has 1 aliphatic heterocycles. The normalized spacial score (nSPS) is 11.5. The van der Waals surface area contributed by atoms with Crippen LogP contribution in [0.3, 0.4) is 0 Å². The van der Waals surface area contributed by atoms with Gasteiger partial charge in [0.15, 0.2) is 0 Å². The van der Waals surface area contributed by atoms with Crippen LogP contribution in [0.4, 0.5) is 0 Å². The molecule has 3 heterocycles. The third-order valence-corrected chi connectivity index (χ3v) is 8.04. The number of imidazole rings is 1. The molecule has 2 aromatic heterocycles. The molecule has 0 unspecified atom stereocenters. The molecule has 0 fully saturated rings. The molecule has 222 valence electrons. The first kappa shape index (κ1) is 30.5. The molecular weight excluding hydrogens is 731 g/mol. The maximum Gasteiger partial charge on any atom is 3.00 e. The maximum atomic E-state index is 6.38. The van der Waals surface area contributed by atoms with Crippen molar-refractivity contribution in [2.45, 2.75) is 39.5 Å². The van der Waals surface area contributed by atoms with Crippen molar-refractivity contribution in [3.63, 3.8) is 0 Å². The Morgan fingerprint density at radius 3 is 2.20 bits per heavy atom. The van der Waals surface area contributed by atoms with E-state index in [1.54, 1.807) is 6.20 Å². The van der Waals surface area contributed by atoms with E-state index in [-0.39, 0.29) is 20.1 Å². The number of fused-ring (bicyclic) bond motifs is 3. The number of benzene rings is 5. The average Bonchev–Trinajstić information content (AvgIpc) is 3.45. The zero-order valence-corrected chi connectivity index (χ0v) is 28.1. The molecule has 0 saturated heterocycles. The Bertz CT molecular complexity index is 2040. The fraction of sp³-hybridized carbons (Fsp3) is 0.150. The molecule has 0 bridgehead atoms. The van der Waals surface area contributed by atoms with Crippen LogP contribution in [0.5, 0.6) is 11.5 Å². The number of hydrogen-bond donors (Lipinski definition) is 0. The van der Waals surface area contributed by atoms with Gasteiger partial charge in [-0.25, -0.2) is 0 Å². The second-order valence-electron chi connectivity index (χ2n) is 11.7. The zero-order chi connectivity index (χ0) is 30.2. The minimum Gasteiger partial charge on any atom is -0.509 e. The third-order valence-electron chi connectivity index (χ3n) is 8.04. The molecule has 0 spiro atoms. The largest absolute Gasteiger partial charge is 3.00 e. The number of para-hydroxylation sites is 2. The predicted molar refractivity (Wildman–Crippen MR) is 177 cm³/mol. The van der Waals surface area contributed by atoms with E-state index >= 15 is 0 Å². The molecule has 5 aromatic carbocycles. The fourth-order valence-corrected chi connectivity index (χ4v) is 5.88. The number of aromatic nitrogens is 3. The van der Waals surface area contributed by atoms with Crippen molar-refractivity contribution in [2.24, 2.45) is 0 Å². The molecule has 8 rings (SSSR count). The van der Waals surface area contributed by atoms with Gasteiger partial charge in [0.2, 0.25) is 0 Å². The third kappa shape index (κ3) is 5.70. The van der Waals surface area contributed by atoms with Crippen molar-refractivity contribution < 1.29 is 29.4 Å². The van der Waals surface area contributed by atoms with Crippen molar-refractivity contribution >= 4 is 21.8 Å². The van der Waals surface area contributed by atoms with Crippen LogP contribution in [-0.2, 0) is 20.1 Å². The smallest absolute Gasteiger partial charge is 0.509 e. The Morgan fingerprint density at radius 1 is 0.756 bits per heavy atom. The van der Waals surface area contributed by atoms with Crippen molar-refractivity contribution in [3.05, 3.63) is 145 Å². The minimum absolute atomic E-state index is 0. The van der Waals surface area contributed by atoms with E-state index in [0.717, 1.165) is 50.2 Å². The molecule has 0 radical (unpaired) electrons. The SMILES string of the molecule is CC(C)c1cccc(C(C)C)c1-n1[c-][n+]2c3c(cccc31)Oc1cc3ccccc3[c-]c1-2.[Ir+3].[c-]1ccccc1-c1ccccn1. The Hall–Kier alpha value is -4.57. The van der Waals surface area contributed by atoms with Crippen molar-refractivity contribution in [1.82, 2.24) is 9.55 Å². The van der Waals surface area contributed by atoms with Gasteiger partial charge in [0.05, 0.1) is 17.0 Å². The number of rotatable bonds is 4. The fourth-order valence-electron chi connectivity index (χ4n) is 5.88. The molecule has 0 aliphatic carbocycles. The summed E-state index contributed by atoms with van der Waals surface area (Å²) in [6.45, 7) is 9.02. The van der Waals surface area contributed by atoms with E-state index < -0.39 is 0 Å². The molecule has 0 saturated carbocycles. The first-order valence-corrected chi connectivity index (χ1v) is 15.1.